The van der Waals surface area contributed by atoms with E-state index >= 15 is 0 Å². The molecule has 3 nitrogen and oxygen atoms in total. The van der Waals surface area contributed by atoms with Crippen LogP contribution in [0.4, 0.5) is 5.69 Å². The molecule has 21 heavy (non-hydrogen) atoms. The average Bonchev–Trinajstić information content (AvgIpc) is 2.46. The number of rotatable bonds is 4. The molecule has 0 radical (unpaired) electrons. The maximum Gasteiger partial charge on any atom is 0.253 e. The lowest BCUT2D eigenvalue weighted by molar-refractivity contribution is 0.0827. The van der Waals surface area contributed by atoms with E-state index in [-0.39, 0.29) is 5.91 Å². The SMILES string of the molecule is CN(C)C(=O)c1ccc(SCc2ccc(Cl)cc2)c(N)c1. The summed E-state index contributed by atoms with van der Waals surface area (Å²) in [7, 11) is 3.45. The number of halogens is 1. The van der Waals surface area contributed by atoms with Gasteiger partial charge in [-0.25, -0.2) is 0 Å². The summed E-state index contributed by atoms with van der Waals surface area (Å²) < 4.78 is 0. The normalized spacial score (nSPS) is 10.4. The van der Waals surface area contributed by atoms with E-state index < -0.39 is 0 Å². The molecule has 0 saturated carbocycles. The lowest BCUT2D eigenvalue weighted by atomic mass is 10.2. The molecule has 0 saturated heterocycles. The van der Waals surface area contributed by atoms with Crippen LogP contribution in [0.5, 0.6) is 0 Å². The number of thioether (sulfide) groups is 1. The third-order valence-corrected chi connectivity index (χ3v) is 4.38. The van der Waals surface area contributed by atoms with Gasteiger partial charge in [0.1, 0.15) is 0 Å². The smallest absolute Gasteiger partial charge is 0.253 e. The lowest BCUT2D eigenvalue weighted by Gasteiger charge is -2.12. The van der Waals surface area contributed by atoms with Crippen LogP contribution >= 0.6 is 23.4 Å². The van der Waals surface area contributed by atoms with Gasteiger partial charge in [-0.3, -0.25) is 4.79 Å². The predicted molar refractivity (Wildman–Crippen MR) is 89.9 cm³/mol. The van der Waals surface area contributed by atoms with Crippen molar-refractivity contribution in [2.24, 2.45) is 0 Å². The van der Waals surface area contributed by atoms with Gasteiger partial charge in [0.2, 0.25) is 0 Å². The van der Waals surface area contributed by atoms with Crippen molar-refractivity contribution in [3.8, 4) is 0 Å². The second kappa shape index (κ2) is 6.87. The van der Waals surface area contributed by atoms with Gasteiger partial charge in [0.15, 0.2) is 0 Å². The van der Waals surface area contributed by atoms with Crippen LogP contribution in [-0.4, -0.2) is 24.9 Å². The monoisotopic (exact) mass is 320 g/mol. The topological polar surface area (TPSA) is 46.3 Å². The number of carbonyl (C=O) groups excluding carboxylic acids is 1. The first-order valence-corrected chi connectivity index (χ1v) is 7.82. The van der Waals surface area contributed by atoms with Crippen LogP contribution in [0.15, 0.2) is 47.4 Å². The number of nitrogen functional groups attached to an aromatic ring is 1. The van der Waals surface area contributed by atoms with Crippen molar-refractivity contribution < 1.29 is 4.79 Å². The zero-order valence-corrected chi connectivity index (χ0v) is 13.5. The minimum atomic E-state index is -0.0454. The molecule has 0 unspecified atom stereocenters. The minimum Gasteiger partial charge on any atom is -0.398 e. The van der Waals surface area contributed by atoms with Gasteiger partial charge in [0, 0.05) is 41.0 Å². The number of nitrogens with two attached hydrogens (primary N) is 1. The molecular formula is C16H17ClN2OS. The molecule has 110 valence electrons. The summed E-state index contributed by atoms with van der Waals surface area (Å²) in [6, 6.07) is 13.2. The Bertz CT molecular complexity index is 641. The maximum atomic E-state index is 11.9. The fraction of sp³-hybridized carbons (Fsp3) is 0.188. The van der Waals surface area contributed by atoms with E-state index in [0.717, 1.165) is 15.7 Å². The highest BCUT2D eigenvalue weighted by molar-refractivity contribution is 7.98. The molecule has 0 spiro atoms. The van der Waals surface area contributed by atoms with Gasteiger partial charge in [-0.1, -0.05) is 23.7 Å². The summed E-state index contributed by atoms with van der Waals surface area (Å²) in [6.07, 6.45) is 0. The summed E-state index contributed by atoms with van der Waals surface area (Å²) >= 11 is 7.51. The Kier molecular flexibility index (Phi) is 5.15. The molecule has 0 bridgehead atoms. The Labute approximate surface area is 134 Å². The third-order valence-electron chi connectivity index (χ3n) is 2.97. The number of anilines is 1. The number of benzene rings is 2. The minimum absolute atomic E-state index is 0.0454. The van der Waals surface area contributed by atoms with Crippen molar-refractivity contribution in [3.05, 3.63) is 58.6 Å². The first-order valence-electron chi connectivity index (χ1n) is 6.46. The van der Waals surface area contributed by atoms with Crippen LogP contribution < -0.4 is 5.73 Å². The molecular weight excluding hydrogens is 304 g/mol. The second-order valence-corrected chi connectivity index (χ2v) is 6.32. The quantitative estimate of drug-likeness (QED) is 0.686. The Hall–Kier alpha value is -1.65. The van der Waals surface area contributed by atoms with Crippen molar-refractivity contribution in [1.29, 1.82) is 0 Å². The van der Waals surface area contributed by atoms with Crippen molar-refractivity contribution in [1.82, 2.24) is 4.90 Å². The molecule has 2 aromatic rings. The summed E-state index contributed by atoms with van der Waals surface area (Å²) in [5, 5.41) is 0.731. The molecule has 0 fully saturated rings. The van der Waals surface area contributed by atoms with Crippen molar-refractivity contribution in [2.75, 3.05) is 19.8 Å². The molecule has 1 amide bonds. The largest absolute Gasteiger partial charge is 0.398 e. The van der Waals surface area contributed by atoms with Crippen LogP contribution in [0.1, 0.15) is 15.9 Å². The Balaban J connectivity index is 2.07. The Morgan fingerprint density at radius 3 is 2.43 bits per heavy atom. The summed E-state index contributed by atoms with van der Waals surface area (Å²) in [5.41, 5.74) is 8.44. The van der Waals surface area contributed by atoms with Crippen molar-refractivity contribution in [3.63, 3.8) is 0 Å². The highest BCUT2D eigenvalue weighted by Crippen LogP contribution is 2.29. The highest BCUT2D eigenvalue weighted by Gasteiger charge is 2.10. The van der Waals surface area contributed by atoms with E-state index in [0.29, 0.717) is 11.3 Å². The molecule has 0 heterocycles. The van der Waals surface area contributed by atoms with Crippen LogP contribution in [0.25, 0.3) is 0 Å². The molecule has 0 aliphatic carbocycles. The molecule has 2 aromatic carbocycles. The van der Waals surface area contributed by atoms with E-state index in [2.05, 4.69) is 0 Å². The summed E-state index contributed by atoms with van der Waals surface area (Å²) in [6.45, 7) is 0. The molecule has 0 aromatic heterocycles. The highest BCUT2D eigenvalue weighted by atomic mass is 35.5. The molecule has 5 heteroatoms. The number of carbonyl (C=O) groups is 1. The zero-order valence-electron chi connectivity index (χ0n) is 12.0. The average molecular weight is 321 g/mol. The lowest BCUT2D eigenvalue weighted by Crippen LogP contribution is -2.21. The molecule has 0 aliphatic rings. The van der Waals surface area contributed by atoms with Gasteiger partial charge in [-0.2, -0.15) is 0 Å². The number of nitrogens with zero attached hydrogens (tertiary/aromatic N) is 1. The fourth-order valence-corrected chi connectivity index (χ4v) is 2.84. The Morgan fingerprint density at radius 2 is 1.86 bits per heavy atom. The molecule has 0 atom stereocenters. The van der Waals surface area contributed by atoms with Gasteiger partial charge >= 0.3 is 0 Å². The second-order valence-electron chi connectivity index (χ2n) is 4.87. The molecule has 0 aliphatic heterocycles. The third kappa shape index (κ3) is 4.16. The van der Waals surface area contributed by atoms with E-state index in [9.17, 15) is 4.79 Å². The van der Waals surface area contributed by atoms with Crippen molar-refractivity contribution >= 4 is 35.0 Å². The van der Waals surface area contributed by atoms with Crippen LogP contribution in [0.3, 0.4) is 0 Å². The van der Waals surface area contributed by atoms with Gasteiger partial charge < -0.3 is 10.6 Å². The summed E-state index contributed by atoms with van der Waals surface area (Å²) in [5.74, 6) is 0.762. The standard InChI is InChI=1S/C16H17ClN2OS/c1-19(2)16(20)12-5-8-15(14(18)9-12)21-10-11-3-6-13(17)7-4-11/h3-9H,10,18H2,1-2H3. The van der Waals surface area contributed by atoms with Crippen molar-refractivity contribution in [2.45, 2.75) is 10.6 Å². The first-order chi connectivity index (χ1) is 9.97. The van der Waals surface area contributed by atoms with E-state index in [1.165, 1.54) is 10.5 Å². The van der Waals surface area contributed by atoms with Gasteiger partial charge in [0.25, 0.3) is 5.91 Å². The summed E-state index contributed by atoms with van der Waals surface area (Å²) in [4.78, 5) is 14.4. The first kappa shape index (κ1) is 15.7. The van der Waals surface area contributed by atoms with E-state index in [1.807, 2.05) is 36.4 Å². The van der Waals surface area contributed by atoms with E-state index in [4.69, 9.17) is 17.3 Å². The van der Waals surface area contributed by atoms with Gasteiger partial charge in [-0.15, -0.1) is 11.8 Å². The zero-order chi connectivity index (χ0) is 15.4. The Morgan fingerprint density at radius 1 is 1.19 bits per heavy atom. The number of amides is 1. The van der Waals surface area contributed by atoms with E-state index in [1.54, 1.807) is 31.9 Å². The van der Waals surface area contributed by atoms with Crippen LogP contribution in [0, 0.1) is 0 Å². The van der Waals surface area contributed by atoms with Crippen LogP contribution in [0.2, 0.25) is 5.02 Å². The molecule has 2 rings (SSSR count). The fourth-order valence-electron chi connectivity index (χ4n) is 1.81. The van der Waals surface area contributed by atoms with Crippen LogP contribution in [-0.2, 0) is 5.75 Å². The number of hydrogen-bond acceptors (Lipinski definition) is 3. The molecule has 2 N–H and O–H groups in total. The van der Waals surface area contributed by atoms with Gasteiger partial charge in [-0.05, 0) is 35.9 Å². The predicted octanol–water partition coefficient (Wildman–Crippen LogP) is 3.92. The van der Waals surface area contributed by atoms with Gasteiger partial charge in [0.05, 0.1) is 0 Å². The maximum absolute atomic E-state index is 11.9. The number of hydrogen-bond donors (Lipinski definition) is 1.